The summed E-state index contributed by atoms with van der Waals surface area (Å²) in [6.45, 7) is 1.59. The van der Waals surface area contributed by atoms with Crippen molar-refractivity contribution < 1.29 is 23.5 Å². The third-order valence-corrected chi connectivity index (χ3v) is 5.09. The average Bonchev–Trinajstić information content (AvgIpc) is 3.32. The van der Waals surface area contributed by atoms with Crippen molar-refractivity contribution in [2.75, 3.05) is 40.5 Å². The Kier molecular flexibility index (Phi) is 9.17. The minimum Gasteiger partial charge on any atom is -0.446 e. The molecule has 3 aromatic rings. The monoisotopic (exact) mass is 451 g/mol. The number of oxazole rings is 1. The van der Waals surface area contributed by atoms with Crippen molar-refractivity contribution >= 4 is 11.8 Å². The molecule has 1 N–H and O–H groups in total. The number of hydrogen-bond acceptors (Lipinski definition) is 6. The van der Waals surface area contributed by atoms with Crippen LogP contribution in [0.4, 0.5) is 0 Å². The van der Waals surface area contributed by atoms with E-state index in [0.717, 1.165) is 11.1 Å². The van der Waals surface area contributed by atoms with Gasteiger partial charge in [-0.1, -0.05) is 60.7 Å². The lowest BCUT2D eigenvalue weighted by molar-refractivity contribution is -0.133. The maximum absolute atomic E-state index is 13.8. The van der Waals surface area contributed by atoms with E-state index in [1.165, 1.54) is 6.26 Å². The number of ether oxygens (including phenoxy) is 2. The van der Waals surface area contributed by atoms with Gasteiger partial charge in [0.05, 0.1) is 25.7 Å². The lowest BCUT2D eigenvalue weighted by Crippen LogP contribution is -2.37. The maximum Gasteiger partial charge on any atom is 0.273 e. The molecule has 8 heteroatoms. The molecule has 0 aliphatic rings. The van der Waals surface area contributed by atoms with Gasteiger partial charge in [0.25, 0.3) is 5.91 Å². The van der Waals surface area contributed by atoms with Gasteiger partial charge in [0.15, 0.2) is 5.69 Å². The van der Waals surface area contributed by atoms with Crippen molar-refractivity contribution in [1.82, 2.24) is 15.2 Å². The van der Waals surface area contributed by atoms with Gasteiger partial charge in [0.2, 0.25) is 11.8 Å². The highest BCUT2D eigenvalue weighted by molar-refractivity contribution is 5.92. The second-order valence-electron chi connectivity index (χ2n) is 7.38. The molecule has 0 bridgehead atoms. The molecule has 0 unspecified atom stereocenters. The number of benzene rings is 2. The predicted molar refractivity (Wildman–Crippen MR) is 123 cm³/mol. The highest BCUT2D eigenvalue weighted by atomic mass is 16.5. The topological polar surface area (TPSA) is 93.9 Å². The Labute approximate surface area is 193 Å². The van der Waals surface area contributed by atoms with E-state index in [0.29, 0.717) is 26.3 Å². The van der Waals surface area contributed by atoms with Gasteiger partial charge in [-0.05, 0) is 11.1 Å². The number of carbonyl (C=O) groups is 2. The van der Waals surface area contributed by atoms with E-state index in [1.807, 2.05) is 60.7 Å². The average molecular weight is 452 g/mol. The molecule has 3 rings (SSSR count). The van der Waals surface area contributed by atoms with Crippen molar-refractivity contribution in [3.63, 3.8) is 0 Å². The number of amides is 2. The van der Waals surface area contributed by atoms with Gasteiger partial charge in [-0.15, -0.1) is 0 Å². The summed E-state index contributed by atoms with van der Waals surface area (Å²) in [5, 5.41) is 2.70. The third-order valence-electron chi connectivity index (χ3n) is 5.09. The minimum atomic E-state index is -0.490. The highest BCUT2D eigenvalue weighted by Crippen LogP contribution is 2.27. The molecule has 33 heavy (non-hydrogen) atoms. The van der Waals surface area contributed by atoms with Crippen molar-refractivity contribution in [2.45, 2.75) is 12.5 Å². The Morgan fingerprint density at radius 3 is 2.15 bits per heavy atom. The lowest BCUT2D eigenvalue weighted by atomic mass is 9.90. The first-order chi connectivity index (χ1) is 16.1. The Balaban J connectivity index is 1.82. The molecule has 1 aromatic heterocycles. The fourth-order valence-electron chi connectivity index (χ4n) is 3.43. The number of methoxy groups -OCH3 is 2. The van der Waals surface area contributed by atoms with E-state index in [9.17, 15) is 9.59 Å². The number of aromatic nitrogens is 1. The first-order valence-electron chi connectivity index (χ1n) is 10.7. The fourth-order valence-corrected chi connectivity index (χ4v) is 3.43. The quantitative estimate of drug-likeness (QED) is 0.426. The molecular weight excluding hydrogens is 422 g/mol. The summed E-state index contributed by atoms with van der Waals surface area (Å²) in [6.07, 6.45) is 1.29. The Hall–Kier alpha value is -3.49. The van der Waals surface area contributed by atoms with Crippen molar-refractivity contribution in [1.29, 1.82) is 0 Å². The SMILES string of the molecule is COCCNC(=O)c1coc(CN(CCOC)C(=O)C(c2ccccc2)c2ccccc2)n1. The number of rotatable bonds is 12. The largest absolute Gasteiger partial charge is 0.446 e. The summed E-state index contributed by atoms with van der Waals surface area (Å²) in [5.41, 5.74) is 1.94. The number of hydrogen-bond donors (Lipinski definition) is 1. The van der Waals surface area contributed by atoms with Crippen LogP contribution < -0.4 is 5.32 Å². The third kappa shape index (κ3) is 6.74. The fraction of sp³-hybridized carbons (Fsp3) is 0.320. The van der Waals surface area contributed by atoms with Crippen LogP contribution in [0, 0.1) is 0 Å². The van der Waals surface area contributed by atoms with Crippen LogP contribution in [0.15, 0.2) is 71.3 Å². The lowest BCUT2D eigenvalue weighted by Gasteiger charge is -2.27. The second kappa shape index (κ2) is 12.5. The van der Waals surface area contributed by atoms with E-state index in [4.69, 9.17) is 13.9 Å². The van der Waals surface area contributed by atoms with Gasteiger partial charge < -0.3 is 24.1 Å². The van der Waals surface area contributed by atoms with E-state index in [-0.39, 0.29) is 29.9 Å². The zero-order chi connectivity index (χ0) is 23.5. The molecule has 0 saturated heterocycles. The standard InChI is InChI=1S/C25H29N3O5/c1-31-15-13-26-24(29)21-18-33-22(27-21)17-28(14-16-32-2)25(30)23(19-9-5-3-6-10-19)20-11-7-4-8-12-20/h3-12,18,23H,13-17H2,1-2H3,(H,26,29). The molecule has 2 amide bonds. The molecule has 0 aliphatic carbocycles. The molecule has 8 nitrogen and oxygen atoms in total. The van der Waals surface area contributed by atoms with Gasteiger partial charge in [-0.3, -0.25) is 9.59 Å². The Bertz CT molecular complexity index is 968. The summed E-state index contributed by atoms with van der Waals surface area (Å²) >= 11 is 0. The molecule has 2 aromatic carbocycles. The summed E-state index contributed by atoms with van der Waals surface area (Å²) in [4.78, 5) is 31.9. The van der Waals surface area contributed by atoms with Crippen LogP contribution in [0.2, 0.25) is 0 Å². The van der Waals surface area contributed by atoms with Gasteiger partial charge >= 0.3 is 0 Å². The Morgan fingerprint density at radius 1 is 0.970 bits per heavy atom. The predicted octanol–water partition coefficient (Wildman–Crippen LogP) is 2.86. The summed E-state index contributed by atoms with van der Waals surface area (Å²) in [6, 6.07) is 19.3. The number of nitrogens with zero attached hydrogens (tertiary/aromatic N) is 2. The molecule has 0 aliphatic heterocycles. The van der Waals surface area contributed by atoms with Crippen LogP contribution in [0.1, 0.15) is 33.4 Å². The highest BCUT2D eigenvalue weighted by Gasteiger charge is 2.28. The van der Waals surface area contributed by atoms with Crippen molar-refractivity contribution in [2.24, 2.45) is 0 Å². The van der Waals surface area contributed by atoms with Crippen molar-refractivity contribution in [3.8, 4) is 0 Å². The van der Waals surface area contributed by atoms with Crippen LogP contribution in [-0.2, 0) is 20.8 Å². The normalized spacial score (nSPS) is 10.9. The smallest absolute Gasteiger partial charge is 0.273 e. The first-order valence-corrected chi connectivity index (χ1v) is 10.7. The number of carbonyl (C=O) groups excluding carboxylic acids is 2. The van der Waals surface area contributed by atoms with Gasteiger partial charge in [0, 0.05) is 27.3 Å². The van der Waals surface area contributed by atoms with Gasteiger partial charge in [-0.2, -0.15) is 0 Å². The molecule has 1 heterocycles. The van der Waals surface area contributed by atoms with E-state index < -0.39 is 5.92 Å². The van der Waals surface area contributed by atoms with E-state index in [1.54, 1.807) is 19.1 Å². The van der Waals surface area contributed by atoms with E-state index >= 15 is 0 Å². The zero-order valence-corrected chi connectivity index (χ0v) is 18.9. The molecule has 0 spiro atoms. The molecule has 0 atom stereocenters. The van der Waals surface area contributed by atoms with Crippen LogP contribution in [0.25, 0.3) is 0 Å². The van der Waals surface area contributed by atoms with Gasteiger partial charge in [0.1, 0.15) is 6.26 Å². The van der Waals surface area contributed by atoms with Crippen LogP contribution in [0.3, 0.4) is 0 Å². The van der Waals surface area contributed by atoms with Crippen LogP contribution in [-0.4, -0.2) is 62.2 Å². The molecule has 0 saturated carbocycles. The molecule has 174 valence electrons. The first kappa shape index (κ1) is 24.2. The molecule has 0 fully saturated rings. The van der Waals surface area contributed by atoms with Crippen LogP contribution in [0.5, 0.6) is 0 Å². The summed E-state index contributed by atoms with van der Waals surface area (Å²) in [5.74, 6) is -0.677. The minimum absolute atomic E-state index is 0.103. The second-order valence-corrected chi connectivity index (χ2v) is 7.38. The Morgan fingerprint density at radius 2 is 1.58 bits per heavy atom. The van der Waals surface area contributed by atoms with Gasteiger partial charge in [-0.25, -0.2) is 4.98 Å². The van der Waals surface area contributed by atoms with Crippen molar-refractivity contribution in [3.05, 3.63) is 89.6 Å². The maximum atomic E-state index is 13.8. The number of nitrogens with one attached hydrogen (secondary N) is 1. The summed E-state index contributed by atoms with van der Waals surface area (Å²) in [7, 11) is 3.15. The van der Waals surface area contributed by atoms with Crippen LogP contribution >= 0.6 is 0 Å². The summed E-state index contributed by atoms with van der Waals surface area (Å²) < 4.78 is 15.7. The van der Waals surface area contributed by atoms with E-state index in [2.05, 4.69) is 10.3 Å². The molecule has 0 radical (unpaired) electrons. The molecular formula is C25H29N3O5. The zero-order valence-electron chi connectivity index (χ0n) is 18.9.